The van der Waals surface area contributed by atoms with Crippen molar-refractivity contribution in [3.63, 3.8) is 0 Å². The molecule has 0 saturated heterocycles. The third kappa shape index (κ3) is 1.78. The van der Waals surface area contributed by atoms with Gasteiger partial charge in [-0.3, -0.25) is 0 Å². The molecular weight excluding hydrogens is 378 g/mol. The van der Waals surface area contributed by atoms with E-state index in [-0.39, 0.29) is 5.95 Å². The minimum Gasteiger partial charge on any atom is -0.368 e. The second kappa shape index (κ2) is 3.75. The van der Waals surface area contributed by atoms with Crippen molar-refractivity contribution in [1.82, 2.24) is 9.97 Å². The van der Waals surface area contributed by atoms with Crippen LogP contribution in [0.4, 0.5) is 5.95 Å². The average Bonchev–Trinajstić information content (AvgIpc) is 2.42. The minimum atomic E-state index is 0.281. The first kappa shape index (κ1) is 10.3. The van der Waals surface area contributed by atoms with E-state index in [9.17, 15) is 0 Å². The van der Waals surface area contributed by atoms with Gasteiger partial charge in [-0.25, -0.2) is 9.97 Å². The number of imidazole rings is 1. The summed E-state index contributed by atoms with van der Waals surface area (Å²) in [6.07, 6.45) is 0. The quantitative estimate of drug-likeness (QED) is 0.760. The predicted octanol–water partition coefficient (Wildman–Crippen LogP) is 3.45. The lowest BCUT2D eigenvalue weighted by atomic mass is 10.3. The Bertz CT molecular complexity index is 432. The molecule has 0 amide bonds. The van der Waals surface area contributed by atoms with Crippen LogP contribution in [0.5, 0.6) is 0 Å². The fourth-order valence-corrected chi connectivity index (χ4v) is 3.23. The van der Waals surface area contributed by atoms with Gasteiger partial charge in [-0.15, -0.1) is 0 Å². The molecule has 2 rings (SSSR count). The third-order valence-electron chi connectivity index (χ3n) is 1.66. The molecule has 6 heteroatoms. The molecule has 1 aliphatic carbocycles. The lowest BCUT2D eigenvalue weighted by Crippen LogP contribution is -1.84. The molecule has 0 bridgehead atoms. The predicted molar refractivity (Wildman–Crippen MR) is 66.2 cm³/mol. The zero-order chi connectivity index (χ0) is 10.3. The molecule has 0 aromatic heterocycles. The molecule has 2 aliphatic rings. The van der Waals surface area contributed by atoms with Gasteiger partial charge in [-0.05, 0) is 44.0 Å². The van der Waals surface area contributed by atoms with E-state index in [1.807, 2.05) is 12.1 Å². The standard InChI is InChI=1S/C8H4Br3N3/c9-3-1-4(10)6-7(5(11)2-3)14-8(12)13-6/h1-2H,(H2,12,13,14). The van der Waals surface area contributed by atoms with Crippen molar-refractivity contribution in [2.24, 2.45) is 0 Å². The van der Waals surface area contributed by atoms with Crippen LogP contribution >= 0.6 is 47.8 Å². The largest absolute Gasteiger partial charge is 0.368 e. The Hall–Kier alpha value is -0.200. The smallest absolute Gasteiger partial charge is 0.221 e. The van der Waals surface area contributed by atoms with Crippen LogP contribution in [0.1, 0.15) is 0 Å². The van der Waals surface area contributed by atoms with Crippen LogP contribution in [0.3, 0.4) is 0 Å². The van der Waals surface area contributed by atoms with E-state index in [1.165, 1.54) is 0 Å². The summed E-state index contributed by atoms with van der Waals surface area (Å²) in [5.41, 5.74) is 7.03. The van der Waals surface area contributed by atoms with Crippen LogP contribution in [0.2, 0.25) is 0 Å². The summed E-state index contributed by atoms with van der Waals surface area (Å²) in [6.45, 7) is 0. The van der Waals surface area contributed by atoms with Gasteiger partial charge in [0.25, 0.3) is 0 Å². The molecule has 0 aromatic carbocycles. The second-order valence-corrected chi connectivity index (χ2v) is 5.27. The van der Waals surface area contributed by atoms with Crippen molar-refractivity contribution >= 4 is 53.7 Å². The van der Waals surface area contributed by atoms with Crippen molar-refractivity contribution in [2.75, 3.05) is 5.73 Å². The molecule has 14 heavy (non-hydrogen) atoms. The van der Waals surface area contributed by atoms with Gasteiger partial charge in [0.15, 0.2) is 0 Å². The Labute approximate surface area is 106 Å². The van der Waals surface area contributed by atoms with Crippen molar-refractivity contribution in [3.8, 4) is 11.4 Å². The minimum absolute atomic E-state index is 0.281. The molecule has 0 radical (unpaired) electrons. The number of nitrogen functional groups attached to an aromatic ring is 1. The first-order valence-corrected chi connectivity index (χ1v) is 6.03. The molecule has 1 heterocycles. The Balaban J connectivity index is 2.86. The molecule has 3 nitrogen and oxygen atoms in total. The fraction of sp³-hybridized carbons (Fsp3) is 0. The number of anilines is 1. The monoisotopic (exact) mass is 379 g/mol. The number of nitrogens with two attached hydrogens (primary N) is 1. The molecule has 0 spiro atoms. The van der Waals surface area contributed by atoms with Gasteiger partial charge >= 0.3 is 0 Å². The zero-order valence-electron chi connectivity index (χ0n) is 6.76. The first-order valence-electron chi connectivity index (χ1n) is 3.65. The van der Waals surface area contributed by atoms with Crippen LogP contribution in [0.15, 0.2) is 25.6 Å². The Morgan fingerprint density at radius 1 is 0.929 bits per heavy atom. The summed E-state index contributed by atoms with van der Waals surface area (Å²) in [5, 5.41) is 0. The zero-order valence-corrected chi connectivity index (χ0v) is 11.5. The number of halogens is 3. The second-order valence-electron chi connectivity index (χ2n) is 2.65. The maximum absolute atomic E-state index is 5.53. The van der Waals surface area contributed by atoms with Crippen molar-refractivity contribution in [1.29, 1.82) is 0 Å². The van der Waals surface area contributed by atoms with E-state index in [0.717, 1.165) is 24.8 Å². The van der Waals surface area contributed by atoms with Crippen LogP contribution in [-0.4, -0.2) is 9.97 Å². The topological polar surface area (TPSA) is 51.8 Å². The van der Waals surface area contributed by atoms with Crippen LogP contribution in [0.25, 0.3) is 11.4 Å². The highest BCUT2D eigenvalue weighted by atomic mass is 79.9. The average molecular weight is 382 g/mol. The van der Waals surface area contributed by atoms with Gasteiger partial charge in [0.2, 0.25) is 5.95 Å². The number of hydrogen-bond acceptors (Lipinski definition) is 3. The Morgan fingerprint density at radius 2 is 1.36 bits per heavy atom. The van der Waals surface area contributed by atoms with Crippen molar-refractivity contribution in [3.05, 3.63) is 25.6 Å². The van der Waals surface area contributed by atoms with Crippen molar-refractivity contribution < 1.29 is 0 Å². The normalized spacial score (nSPS) is 10.8. The molecular formula is C8H4Br3N3. The van der Waals surface area contributed by atoms with E-state index in [1.54, 1.807) is 0 Å². The summed E-state index contributed by atoms with van der Waals surface area (Å²) in [4.78, 5) is 8.25. The Kier molecular flexibility index (Phi) is 2.77. The summed E-state index contributed by atoms with van der Waals surface area (Å²) in [5.74, 6) is 0.281. The summed E-state index contributed by atoms with van der Waals surface area (Å²) in [7, 11) is 0. The summed E-state index contributed by atoms with van der Waals surface area (Å²) in [6, 6.07) is 3.81. The van der Waals surface area contributed by atoms with Gasteiger partial charge < -0.3 is 5.73 Å². The van der Waals surface area contributed by atoms with E-state index in [2.05, 4.69) is 57.8 Å². The molecule has 0 unspecified atom stereocenters. The highest BCUT2D eigenvalue weighted by Crippen LogP contribution is 2.35. The van der Waals surface area contributed by atoms with E-state index in [0.29, 0.717) is 0 Å². The van der Waals surface area contributed by atoms with Gasteiger partial charge in [0.05, 0.1) is 0 Å². The molecule has 0 aromatic rings. The molecule has 2 N–H and O–H groups in total. The van der Waals surface area contributed by atoms with E-state index in [4.69, 9.17) is 5.73 Å². The van der Waals surface area contributed by atoms with Gasteiger partial charge in [-0.2, -0.15) is 0 Å². The van der Waals surface area contributed by atoms with E-state index < -0.39 is 0 Å². The van der Waals surface area contributed by atoms with Crippen LogP contribution in [0, 0.1) is 0 Å². The number of fused-ring (bicyclic) bond motifs is 1. The fourth-order valence-electron chi connectivity index (χ4n) is 1.11. The number of rotatable bonds is 0. The van der Waals surface area contributed by atoms with Crippen molar-refractivity contribution in [2.45, 2.75) is 0 Å². The summed E-state index contributed by atoms with van der Waals surface area (Å²) >= 11 is 10.2. The van der Waals surface area contributed by atoms with Gasteiger partial charge in [0, 0.05) is 13.4 Å². The van der Waals surface area contributed by atoms with Crippen LogP contribution < -0.4 is 5.73 Å². The molecule has 0 fully saturated rings. The number of hydrogen-bond donors (Lipinski definition) is 1. The molecule has 1 aliphatic heterocycles. The lowest BCUT2D eigenvalue weighted by Gasteiger charge is -1.91. The van der Waals surface area contributed by atoms with Gasteiger partial charge in [-0.1, -0.05) is 15.9 Å². The SMILES string of the molecule is Nc1nc2c(Br)cc(Br)cc(Br)c-2n1. The maximum atomic E-state index is 5.53. The number of aromatic nitrogens is 2. The lowest BCUT2D eigenvalue weighted by molar-refractivity contribution is 1.34. The highest BCUT2D eigenvalue weighted by molar-refractivity contribution is 9.11. The van der Waals surface area contributed by atoms with Gasteiger partial charge in [0.1, 0.15) is 11.4 Å². The summed E-state index contributed by atoms with van der Waals surface area (Å²) < 4.78 is 2.65. The van der Waals surface area contributed by atoms with E-state index >= 15 is 0 Å². The van der Waals surface area contributed by atoms with Crippen LogP contribution in [-0.2, 0) is 0 Å². The molecule has 72 valence electrons. The third-order valence-corrected chi connectivity index (χ3v) is 3.33. The molecule has 0 saturated carbocycles. The Morgan fingerprint density at radius 3 is 1.79 bits per heavy atom. The molecule has 0 atom stereocenters. The first-order chi connectivity index (χ1) is 6.58. The number of nitrogens with zero attached hydrogens (tertiary/aromatic N) is 2. The highest BCUT2D eigenvalue weighted by Gasteiger charge is 2.15. The maximum Gasteiger partial charge on any atom is 0.221 e.